The fraction of sp³-hybridized carbons (Fsp3) is 0.346. The van der Waals surface area contributed by atoms with Crippen LogP contribution in [0.4, 0.5) is 5.69 Å². The molecule has 0 aromatic heterocycles. The van der Waals surface area contributed by atoms with E-state index in [0.717, 1.165) is 37.5 Å². The molecule has 1 N–H and O–H groups in total. The maximum atomic E-state index is 13.2. The molecule has 5 rings (SSSR count). The third-order valence-electron chi connectivity index (χ3n) is 6.92. The van der Waals surface area contributed by atoms with Crippen molar-refractivity contribution >= 4 is 32.4 Å². The molecule has 1 heterocycles. The molecule has 1 aliphatic heterocycles. The van der Waals surface area contributed by atoms with Crippen LogP contribution in [-0.2, 0) is 22.9 Å². The van der Waals surface area contributed by atoms with Crippen molar-refractivity contribution in [3.05, 3.63) is 71.3 Å². The fourth-order valence-corrected chi connectivity index (χ4v) is 7.23. The molecule has 3 aromatic carbocycles. The van der Waals surface area contributed by atoms with Crippen LogP contribution in [0.3, 0.4) is 0 Å². The third kappa shape index (κ3) is 3.51. The van der Waals surface area contributed by atoms with Crippen LogP contribution >= 0.6 is 0 Å². The third-order valence-corrected chi connectivity index (χ3v) is 9.06. The van der Waals surface area contributed by atoms with Gasteiger partial charge in [0.15, 0.2) is 0 Å². The van der Waals surface area contributed by atoms with Gasteiger partial charge in [0, 0.05) is 23.3 Å². The zero-order chi connectivity index (χ0) is 22.5. The van der Waals surface area contributed by atoms with Crippen LogP contribution in [0.2, 0.25) is 0 Å². The molecule has 2 unspecified atom stereocenters. The van der Waals surface area contributed by atoms with E-state index in [2.05, 4.69) is 11.4 Å². The van der Waals surface area contributed by atoms with E-state index in [9.17, 15) is 13.2 Å². The first kappa shape index (κ1) is 21.2. The molecule has 2 atom stereocenters. The maximum absolute atomic E-state index is 13.2. The molecule has 0 bridgehead atoms. The Bertz CT molecular complexity index is 1280. The number of hydrogen-bond acceptors (Lipinski definition) is 3. The summed E-state index contributed by atoms with van der Waals surface area (Å²) in [6.07, 6.45) is 4.85. The molecular formula is C26H28N2O3S. The molecule has 166 valence electrons. The molecule has 3 aromatic rings. The number of piperidine rings is 1. The van der Waals surface area contributed by atoms with Gasteiger partial charge >= 0.3 is 0 Å². The molecule has 1 saturated heterocycles. The van der Waals surface area contributed by atoms with Gasteiger partial charge in [-0.2, -0.15) is 4.31 Å². The minimum absolute atomic E-state index is 0.00749. The quantitative estimate of drug-likeness (QED) is 0.601. The van der Waals surface area contributed by atoms with Crippen molar-refractivity contribution in [2.75, 3.05) is 5.32 Å². The van der Waals surface area contributed by atoms with Crippen LogP contribution in [-0.4, -0.2) is 30.7 Å². The van der Waals surface area contributed by atoms with Gasteiger partial charge in [0.2, 0.25) is 10.0 Å². The zero-order valence-electron chi connectivity index (χ0n) is 18.5. The smallest absolute Gasteiger partial charge is 0.256 e. The SMILES string of the molecule is CC1CCCC(C)N1S(=O)(=O)c1ccc(NC(=O)c2ccc3c4c(cccc24)CC3)cc1. The van der Waals surface area contributed by atoms with Gasteiger partial charge in [-0.05, 0) is 91.8 Å². The van der Waals surface area contributed by atoms with Crippen molar-refractivity contribution in [1.82, 2.24) is 4.31 Å². The number of aryl methyl sites for hydroxylation is 2. The van der Waals surface area contributed by atoms with Crippen molar-refractivity contribution in [2.45, 2.75) is 62.9 Å². The molecular weight excluding hydrogens is 420 g/mol. The Kier molecular flexibility index (Phi) is 5.30. The molecule has 0 radical (unpaired) electrons. The molecule has 2 aliphatic rings. The zero-order valence-corrected chi connectivity index (χ0v) is 19.3. The average Bonchev–Trinajstić information content (AvgIpc) is 3.19. The average molecular weight is 449 g/mol. The Morgan fingerprint density at radius 2 is 1.56 bits per heavy atom. The Balaban J connectivity index is 1.39. The largest absolute Gasteiger partial charge is 0.322 e. The Morgan fingerprint density at radius 3 is 2.25 bits per heavy atom. The Morgan fingerprint density at radius 1 is 0.906 bits per heavy atom. The van der Waals surface area contributed by atoms with Crippen LogP contribution in [0.5, 0.6) is 0 Å². The monoisotopic (exact) mass is 448 g/mol. The predicted octanol–water partition coefficient (Wildman–Crippen LogP) is 5.14. The van der Waals surface area contributed by atoms with E-state index in [1.807, 2.05) is 38.1 Å². The van der Waals surface area contributed by atoms with Crippen molar-refractivity contribution in [3.8, 4) is 0 Å². The highest BCUT2D eigenvalue weighted by molar-refractivity contribution is 7.89. The van der Waals surface area contributed by atoms with Gasteiger partial charge in [0.25, 0.3) is 5.91 Å². The fourth-order valence-electron chi connectivity index (χ4n) is 5.35. The Labute approximate surface area is 189 Å². The second-order valence-electron chi connectivity index (χ2n) is 9.05. The highest BCUT2D eigenvalue weighted by Gasteiger charge is 2.35. The van der Waals surface area contributed by atoms with Gasteiger partial charge in [-0.1, -0.05) is 30.7 Å². The lowest BCUT2D eigenvalue weighted by Crippen LogP contribution is -2.47. The summed E-state index contributed by atoms with van der Waals surface area (Å²) >= 11 is 0. The van der Waals surface area contributed by atoms with Crippen LogP contribution < -0.4 is 5.32 Å². The van der Waals surface area contributed by atoms with Gasteiger partial charge < -0.3 is 5.32 Å². The van der Waals surface area contributed by atoms with E-state index < -0.39 is 10.0 Å². The van der Waals surface area contributed by atoms with E-state index in [1.54, 1.807) is 28.6 Å². The van der Waals surface area contributed by atoms with E-state index in [1.165, 1.54) is 16.5 Å². The first-order valence-corrected chi connectivity index (χ1v) is 12.8. The van der Waals surface area contributed by atoms with Gasteiger partial charge in [-0.15, -0.1) is 0 Å². The number of carbonyl (C=O) groups excluding carboxylic acids is 1. The highest BCUT2D eigenvalue weighted by atomic mass is 32.2. The Hall–Kier alpha value is -2.70. The first-order valence-electron chi connectivity index (χ1n) is 11.3. The molecule has 1 fully saturated rings. The number of hydrogen-bond donors (Lipinski definition) is 1. The van der Waals surface area contributed by atoms with Crippen molar-refractivity contribution in [3.63, 3.8) is 0 Å². The molecule has 5 nitrogen and oxygen atoms in total. The van der Waals surface area contributed by atoms with E-state index in [4.69, 9.17) is 0 Å². The summed E-state index contributed by atoms with van der Waals surface area (Å²) in [5, 5.41) is 5.11. The van der Waals surface area contributed by atoms with E-state index in [0.29, 0.717) is 11.3 Å². The van der Waals surface area contributed by atoms with Crippen molar-refractivity contribution in [1.29, 1.82) is 0 Å². The van der Waals surface area contributed by atoms with Crippen LogP contribution in [0.15, 0.2) is 59.5 Å². The standard InChI is InChI=1S/C26H28N2O3S/c1-17-5-3-6-18(2)28(17)32(30,31)22-14-12-21(13-15-22)27-26(29)24-16-11-20-10-9-19-7-4-8-23(24)25(19)20/h4,7-8,11-18H,3,5-6,9-10H2,1-2H3,(H,27,29). The van der Waals surface area contributed by atoms with Crippen molar-refractivity contribution < 1.29 is 13.2 Å². The van der Waals surface area contributed by atoms with E-state index >= 15 is 0 Å². The van der Waals surface area contributed by atoms with Crippen LogP contribution in [0.25, 0.3) is 10.8 Å². The van der Waals surface area contributed by atoms with Crippen molar-refractivity contribution in [2.24, 2.45) is 0 Å². The summed E-state index contributed by atoms with van der Waals surface area (Å²) < 4.78 is 28.1. The number of rotatable bonds is 4. The molecule has 0 saturated carbocycles. The van der Waals surface area contributed by atoms with Gasteiger partial charge in [0.05, 0.1) is 4.90 Å². The van der Waals surface area contributed by atoms with Gasteiger partial charge in [-0.3, -0.25) is 4.79 Å². The lowest BCUT2D eigenvalue weighted by Gasteiger charge is -2.37. The number of carbonyl (C=O) groups is 1. The number of nitrogens with zero attached hydrogens (tertiary/aromatic N) is 1. The number of benzene rings is 3. The van der Waals surface area contributed by atoms with Crippen LogP contribution in [0, 0.1) is 0 Å². The normalized spacial score (nSPS) is 21.1. The molecule has 1 amide bonds. The minimum Gasteiger partial charge on any atom is -0.322 e. The summed E-state index contributed by atoms with van der Waals surface area (Å²) in [6.45, 7) is 3.94. The number of amides is 1. The lowest BCUT2D eigenvalue weighted by atomic mass is 9.99. The second kappa shape index (κ2) is 8.01. The van der Waals surface area contributed by atoms with Gasteiger partial charge in [-0.25, -0.2) is 8.42 Å². The lowest BCUT2D eigenvalue weighted by molar-refractivity contribution is 0.102. The predicted molar refractivity (Wildman–Crippen MR) is 128 cm³/mol. The summed E-state index contributed by atoms with van der Waals surface area (Å²) in [5.74, 6) is -0.186. The molecule has 6 heteroatoms. The number of sulfonamides is 1. The first-order chi connectivity index (χ1) is 15.4. The summed E-state index contributed by atoms with van der Waals surface area (Å²) in [5.41, 5.74) is 3.81. The summed E-state index contributed by atoms with van der Waals surface area (Å²) in [4.78, 5) is 13.3. The maximum Gasteiger partial charge on any atom is 0.256 e. The summed E-state index contributed by atoms with van der Waals surface area (Å²) in [6, 6.07) is 16.6. The highest BCUT2D eigenvalue weighted by Crippen LogP contribution is 2.33. The minimum atomic E-state index is -3.57. The molecule has 32 heavy (non-hydrogen) atoms. The van der Waals surface area contributed by atoms with Crippen LogP contribution in [0.1, 0.15) is 54.6 Å². The summed E-state index contributed by atoms with van der Waals surface area (Å²) in [7, 11) is -3.57. The number of anilines is 1. The number of nitrogens with one attached hydrogen (secondary N) is 1. The topological polar surface area (TPSA) is 66.5 Å². The van der Waals surface area contributed by atoms with Gasteiger partial charge in [0.1, 0.15) is 0 Å². The second-order valence-corrected chi connectivity index (χ2v) is 10.9. The molecule has 0 spiro atoms. The van der Waals surface area contributed by atoms with E-state index in [-0.39, 0.29) is 22.9 Å². The molecule has 1 aliphatic carbocycles.